The van der Waals surface area contributed by atoms with Gasteiger partial charge in [0.15, 0.2) is 0 Å². The first kappa shape index (κ1) is 116. The van der Waals surface area contributed by atoms with E-state index in [4.69, 9.17) is 27.7 Å². The number of aliphatic hydroxyl groups is 1. The quantitative estimate of drug-likeness (QED) is 0.104. The van der Waals surface area contributed by atoms with Crippen LogP contribution >= 0.6 is 0 Å². The van der Waals surface area contributed by atoms with Crippen LogP contribution in [0.15, 0.2) is 0 Å². The second kappa shape index (κ2) is 50.2. The first-order valence-corrected chi connectivity index (χ1v) is 35.0. The van der Waals surface area contributed by atoms with Gasteiger partial charge in [0.05, 0.1) is 12.2 Å². The molecule has 0 heterocycles. The predicted octanol–water partition coefficient (Wildman–Crippen LogP) is 29.1. The molecule has 97 heavy (non-hydrogen) atoms. The molecular formula is C77H153F15N2O3. The first-order valence-electron chi connectivity index (χ1n) is 35.0. The molecule has 0 aromatic heterocycles. The third-order valence-corrected chi connectivity index (χ3v) is 15.6. The highest BCUT2D eigenvalue weighted by Gasteiger charge is 2.54. The van der Waals surface area contributed by atoms with Gasteiger partial charge in [-0.15, -0.1) is 0 Å². The zero-order valence-electron chi connectivity index (χ0n) is 69.5. The topological polar surface area (TPSA) is 47.4 Å². The Hall–Kier alpha value is -2.19. The molecule has 5 nitrogen and oxygen atoms in total. The highest BCUT2D eigenvalue weighted by Crippen LogP contribution is 2.51. The van der Waals surface area contributed by atoms with Crippen LogP contribution in [0.25, 0.3) is 9.69 Å². The van der Waals surface area contributed by atoms with Gasteiger partial charge in [-0.3, -0.25) is 0 Å². The minimum absolute atomic E-state index is 0.00694. The van der Waals surface area contributed by atoms with Crippen LogP contribution in [0.3, 0.4) is 0 Å². The smallest absolute Gasteiger partial charge is 0.396 e. The van der Waals surface area contributed by atoms with Gasteiger partial charge in [0, 0.05) is 63.9 Å². The number of aliphatic hydroxyl groups excluding tert-OH is 1. The predicted molar refractivity (Wildman–Crippen MR) is 385 cm³/mol. The summed E-state index contributed by atoms with van der Waals surface area (Å²) < 4.78 is 192. The van der Waals surface area contributed by atoms with Crippen molar-refractivity contribution in [1.82, 2.24) is 0 Å². The number of hydrogen-bond acceptors (Lipinski definition) is 3. The number of rotatable bonds is 19. The van der Waals surface area contributed by atoms with E-state index in [0.717, 1.165) is 58.8 Å². The second-order valence-electron chi connectivity index (χ2n) is 34.2. The van der Waals surface area contributed by atoms with E-state index in [9.17, 15) is 65.9 Å². The van der Waals surface area contributed by atoms with Crippen molar-refractivity contribution in [3.63, 3.8) is 0 Å². The van der Waals surface area contributed by atoms with Gasteiger partial charge in [0.25, 0.3) is 5.92 Å². The lowest BCUT2D eigenvalue weighted by Gasteiger charge is -2.28. The number of nitrogens with zero attached hydrogens (tertiary/aromatic N) is 2. The molecule has 0 bridgehead atoms. The van der Waals surface area contributed by atoms with Crippen molar-refractivity contribution >= 4 is 0 Å². The van der Waals surface area contributed by atoms with Crippen LogP contribution in [0, 0.1) is 89.1 Å². The largest absolute Gasteiger partial charge is 0.397 e. The Labute approximate surface area is 588 Å². The van der Waals surface area contributed by atoms with Gasteiger partial charge in [-0.1, -0.05) is 159 Å². The van der Waals surface area contributed by atoms with E-state index in [1.165, 1.54) is 54.4 Å². The van der Waals surface area contributed by atoms with Gasteiger partial charge in [-0.05, 0) is 182 Å². The Morgan fingerprint density at radius 1 is 0.402 bits per heavy atom. The summed E-state index contributed by atoms with van der Waals surface area (Å²) in [6, 6.07) is 0. The van der Waals surface area contributed by atoms with E-state index in [0.29, 0.717) is 37.0 Å². The Morgan fingerprint density at radius 2 is 0.680 bits per heavy atom. The van der Waals surface area contributed by atoms with Crippen LogP contribution < -0.4 is 0 Å². The molecule has 2 fully saturated rings. The Kier molecular flexibility index (Phi) is 60.1. The van der Waals surface area contributed by atoms with Crippen LogP contribution in [-0.2, 0) is 9.47 Å². The van der Waals surface area contributed by atoms with E-state index < -0.39 is 70.7 Å². The lowest BCUT2D eigenvalue weighted by Crippen LogP contribution is -2.40. The highest BCUT2D eigenvalue weighted by molar-refractivity contribution is 5.12. The van der Waals surface area contributed by atoms with E-state index >= 15 is 0 Å². The van der Waals surface area contributed by atoms with E-state index in [1.807, 2.05) is 41.5 Å². The summed E-state index contributed by atoms with van der Waals surface area (Å²) in [5.41, 5.74) is -1.21. The molecule has 2 aliphatic rings. The molecule has 0 aromatic rings. The maximum absolute atomic E-state index is 12.6. The van der Waals surface area contributed by atoms with Crippen molar-refractivity contribution in [2.75, 3.05) is 6.61 Å². The molecule has 2 aliphatic carbocycles. The summed E-state index contributed by atoms with van der Waals surface area (Å²) >= 11 is 0. The minimum atomic E-state index is -4.83. The summed E-state index contributed by atoms with van der Waals surface area (Å²) in [4.78, 5) is 7.05. The van der Waals surface area contributed by atoms with Crippen LogP contribution in [-0.4, -0.2) is 87.9 Å². The minimum Gasteiger partial charge on any atom is -0.396 e. The van der Waals surface area contributed by atoms with Gasteiger partial charge < -0.3 is 24.3 Å². The second-order valence-corrected chi connectivity index (χ2v) is 34.2. The molecule has 1 atom stereocenters. The Balaban J connectivity index is -0.000000107. The fourth-order valence-corrected chi connectivity index (χ4v) is 6.81. The summed E-state index contributed by atoms with van der Waals surface area (Å²) in [6.45, 7) is 84.2. The van der Waals surface area contributed by atoms with E-state index in [1.54, 1.807) is 83.1 Å². The van der Waals surface area contributed by atoms with Gasteiger partial charge in [-0.2, -0.15) is 13.2 Å². The van der Waals surface area contributed by atoms with Crippen molar-refractivity contribution in [1.29, 1.82) is 0 Å². The standard InChI is InChI=1S/C7H11F5.C7H15F.C7H11N.C7H13N.C7H16O.C7H14.2C6H12F2.2C6H13FO.C6H13F.C5H10F2/c1-4(2)5(6(3,8)9)7(10,11)12;1-6(2)5-7(3,4)8;1-6(2)7(8-3)4-5-7;1-6(2)7(3,4)8-5;1-6(2)7(3,4)5-8;1-6(2)7(3)4-5-7;2*1-5(2)4-6(3,7)8;2*1-5(2)8-6(3,4)7;1-5(2)6(3,4)7;1-4(2)5(3,6)7/h4-5H,1-3H3;6H,5H2,1-4H3;6H,4-5H2,1-2H3;6H,1-4H3;6,8H,5H2,1-4H3;6H,4-5H2,1-3H3;2*5H,4H2,1-3H3;2*5H,1-4H3;5H,1-4H3;4H,1-3H3. The van der Waals surface area contributed by atoms with E-state index in [-0.39, 0.29) is 65.9 Å². The monoisotopic (exact) mass is 1440 g/mol. The summed E-state index contributed by atoms with van der Waals surface area (Å²) in [5.74, 6) is -15.0. The summed E-state index contributed by atoms with van der Waals surface area (Å²) in [6.07, 6.45) is 0.946. The molecule has 594 valence electrons. The third kappa shape index (κ3) is 89.9. The van der Waals surface area contributed by atoms with E-state index in [2.05, 4.69) is 85.9 Å². The number of halogens is 15. The maximum Gasteiger partial charge on any atom is 0.397 e. The highest BCUT2D eigenvalue weighted by atomic mass is 19.4. The lowest BCUT2D eigenvalue weighted by atomic mass is 9.82. The summed E-state index contributed by atoms with van der Waals surface area (Å²) in [7, 11) is 0. The number of alkyl halides is 15. The zero-order chi connectivity index (χ0) is 81.5. The zero-order valence-corrected chi connectivity index (χ0v) is 69.5. The van der Waals surface area contributed by atoms with Crippen molar-refractivity contribution < 1.29 is 80.4 Å². The SMILES string of the molecule is CC(C)C(C(C)(F)F)C(F)(F)F.CC(C)C(C)(C)CO.CC(C)C(C)(C)F.CC(C)C(C)(F)F.CC(C)C1(C)CC1.CC(C)CC(C)(C)F.CC(C)CC(C)(F)F.CC(C)CC(C)(F)F.CC(C)OC(C)(C)F.CC(C)OC(C)(C)F.[C-]#[N+]C(C)(C)C(C)C.[C-]#[N+]C1(C(C)C)CC1. The molecule has 2 rings (SSSR count). The normalized spacial score (nSPS) is 14.9. The molecular weight excluding hydrogens is 1290 g/mol. The van der Waals surface area contributed by atoms with Crippen molar-refractivity contribution in [2.45, 2.75) is 405 Å². The molecule has 0 radical (unpaired) electrons. The van der Waals surface area contributed by atoms with Crippen LogP contribution in [0.5, 0.6) is 0 Å². The molecule has 2 saturated carbocycles. The van der Waals surface area contributed by atoms with Crippen molar-refractivity contribution in [3.8, 4) is 0 Å². The first-order chi connectivity index (χ1) is 41.9. The van der Waals surface area contributed by atoms with Crippen LogP contribution in [0.1, 0.15) is 329 Å². The Morgan fingerprint density at radius 3 is 0.680 bits per heavy atom. The average molecular weight is 1440 g/mol. The molecule has 0 spiro atoms. The van der Waals surface area contributed by atoms with Gasteiger partial charge in [0.1, 0.15) is 17.3 Å². The molecule has 0 saturated heterocycles. The van der Waals surface area contributed by atoms with Crippen molar-refractivity contribution in [3.05, 3.63) is 22.8 Å². The summed E-state index contributed by atoms with van der Waals surface area (Å²) in [5, 5.41) is 8.76. The van der Waals surface area contributed by atoms with Gasteiger partial charge in [-0.25, -0.2) is 65.8 Å². The Bertz CT molecular complexity index is 1740. The molecule has 0 amide bonds. The number of hydrogen-bond donors (Lipinski definition) is 1. The molecule has 0 aromatic carbocycles. The van der Waals surface area contributed by atoms with Crippen molar-refractivity contribution in [2.24, 2.45) is 75.9 Å². The molecule has 20 heteroatoms. The fourth-order valence-electron chi connectivity index (χ4n) is 6.81. The third-order valence-electron chi connectivity index (χ3n) is 15.6. The molecule has 1 unspecified atom stereocenters. The molecule has 1 N–H and O–H groups in total. The van der Waals surface area contributed by atoms with Gasteiger partial charge >= 0.3 is 6.18 Å². The average Bonchev–Trinajstić information content (AvgIpc) is 1.59. The molecule has 0 aliphatic heterocycles. The maximum atomic E-state index is 12.6. The lowest BCUT2D eigenvalue weighted by molar-refractivity contribution is -0.247. The van der Waals surface area contributed by atoms with Gasteiger partial charge in [0.2, 0.25) is 40.6 Å². The van der Waals surface area contributed by atoms with Crippen LogP contribution in [0.4, 0.5) is 65.9 Å². The van der Waals surface area contributed by atoms with Crippen LogP contribution in [0.2, 0.25) is 0 Å². The number of ether oxygens (including phenoxy) is 2. The fraction of sp³-hybridized carbons (Fsp3) is 0.974.